The Balaban J connectivity index is 1.94. The normalized spacial score (nSPS) is 14.8. The molecule has 1 heterocycles. The van der Waals surface area contributed by atoms with Gasteiger partial charge in [-0.25, -0.2) is 0 Å². The van der Waals surface area contributed by atoms with E-state index < -0.39 is 0 Å². The minimum atomic E-state index is -0.0794. The quantitative estimate of drug-likeness (QED) is 0.747. The summed E-state index contributed by atoms with van der Waals surface area (Å²) >= 11 is 0. The fourth-order valence-electron chi connectivity index (χ4n) is 3.17. The zero-order chi connectivity index (χ0) is 19.1. The van der Waals surface area contributed by atoms with Crippen molar-refractivity contribution in [2.75, 3.05) is 40.4 Å². The predicted octanol–water partition coefficient (Wildman–Crippen LogP) is 2.35. The van der Waals surface area contributed by atoms with Crippen molar-refractivity contribution >= 4 is 11.8 Å². The van der Waals surface area contributed by atoms with Crippen LogP contribution in [0.2, 0.25) is 0 Å². The summed E-state index contributed by atoms with van der Waals surface area (Å²) in [6.07, 6.45) is 2.74. The number of carbonyl (C=O) groups is 2. The third kappa shape index (κ3) is 5.38. The Morgan fingerprint density at radius 2 is 1.81 bits per heavy atom. The lowest BCUT2D eigenvalue weighted by molar-refractivity contribution is -0.140. The summed E-state index contributed by atoms with van der Waals surface area (Å²) in [5, 5.41) is 0. The van der Waals surface area contributed by atoms with Crippen LogP contribution in [0.25, 0.3) is 0 Å². The van der Waals surface area contributed by atoms with Gasteiger partial charge in [-0.2, -0.15) is 0 Å². The molecule has 2 amide bonds. The molecule has 0 aliphatic carbocycles. The molecule has 1 aromatic rings. The topological polar surface area (TPSA) is 59.1 Å². The molecule has 1 fully saturated rings. The summed E-state index contributed by atoms with van der Waals surface area (Å²) in [6, 6.07) is 5.71. The van der Waals surface area contributed by atoms with Crippen LogP contribution >= 0.6 is 0 Å². The third-order valence-corrected chi connectivity index (χ3v) is 5.03. The maximum absolute atomic E-state index is 12.5. The molecular weight excluding hydrogens is 332 g/mol. The molecule has 0 unspecified atom stereocenters. The lowest BCUT2D eigenvalue weighted by atomic mass is 9.99. The lowest BCUT2D eigenvalue weighted by Crippen LogP contribution is -2.45. The minimum Gasteiger partial charge on any atom is -0.493 e. The summed E-state index contributed by atoms with van der Waals surface area (Å²) < 4.78 is 10.6. The van der Waals surface area contributed by atoms with E-state index >= 15 is 0 Å². The van der Waals surface area contributed by atoms with Crippen LogP contribution in [-0.4, -0.2) is 62.0 Å². The van der Waals surface area contributed by atoms with Crippen LogP contribution in [0.15, 0.2) is 18.2 Å². The number of nitrogens with zero attached hydrogens (tertiary/aromatic N) is 2. The smallest absolute Gasteiger partial charge is 0.242 e. The van der Waals surface area contributed by atoms with Gasteiger partial charge in [0.25, 0.3) is 0 Å². The molecule has 1 aliphatic rings. The number of rotatable bonds is 7. The van der Waals surface area contributed by atoms with Gasteiger partial charge in [0, 0.05) is 26.6 Å². The van der Waals surface area contributed by atoms with Gasteiger partial charge in [0.2, 0.25) is 11.8 Å². The summed E-state index contributed by atoms with van der Waals surface area (Å²) in [5.41, 5.74) is 1.04. The Morgan fingerprint density at radius 1 is 1.15 bits per heavy atom. The fraction of sp³-hybridized carbons (Fsp3) is 0.600. The summed E-state index contributed by atoms with van der Waals surface area (Å²) in [7, 11) is 3.20. The molecule has 6 nitrogen and oxygen atoms in total. The van der Waals surface area contributed by atoms with Crippen molar-refractivity contribution in [1.82, 2.24) is 9.80 Å². The third-order valence-electron chi connectivity index (χ3n) is 5.03. The molecule has 0 aromatic heterocycles. The molecule has 2 rings (SSSR count). The van der Waals surface area contributed by atoms with E-state index in [1.54, 1.807) is 19.1 Å². The average molecular weight is 362 g/mol. The average Bonchev–Trinajstić information content (AvgIpc) is 2.64. The summed E-state index contributed by atoms with van der Waals surface area (Å²) in [4.78, 5) is 28.0. The number of hydrogen-bond acceptors (Lipinski definition) is 4. The van der Waals surface area contributed by atoms with E-state index in [0.29, 0.717) is 30.4 Å². The molecule has 0 saturated carbocycles. The molecule has 0 spiro atoms. The van der Waals surface area contributed by atoms with Crippen molar-refractivity contribution in [3.8, 4) is 11.5 Å². The molecule has 1 aromatic carbocycles. The van der Waals surface area contributed by atoms with Crippen molar-refractivity contribution in [2.24, 2.45) is 5.92 Å². The highest BCUT2D eigenvalue weighted by Crippen LogP contribution is 2.27. The van der Waals surface area contributed by atoms with E-state index in [4.69, 9.17) is 9.47 Å². The molecular formula is C20H30N2O4. The number of piperidine rings is 1. The van der Waals surface area contributed by atoms with Gasteiger partial charge in [-0.05, 0) is 42.9 Å². The van der Waals surface area contributed by atoms with Crippen LogP contribution in [0.3, 0.4) is 0 Å². The Morgan fingerprint density at radius 3 is 2.38 bits per heavy atom. The van der Waals surface area contributed by atoms with Crippen molar-refractivity contribution in [3.63, 3.8) is 0 Å². The van der Waals surface area contributed by atoms with Gasteiger partial charge in [-0.3, -0.25) is 9.59 Å². The molecule has 6 heteroatoms. The maximum atomic E-state index is 12.5. The highest BCUT2D eigenvalue weighted by Gasteiger charge is 2.23. The van der Waals surface area contributed by atoms with Crippen LogP contribution in [0, 0.1) is 5.92 Å². The zero-order valence-electron chi connectivity index (χ0n) is 16.3. The lowest BCUT2D eigenvalue weighted by Gasteiger charge is -2.32. The summed E-state index contributed by atoms with van der Waals surface area (Å²) in [6.45, 7) is 5.97. The molecule has 0 bridgehead atoms. The van der Waals surface area contributed by atoms with E-state index in [2.05, 4.69) is 6.92 Å². The highest BCUT2D eigenvalue weighted by atomic mass is 16.5. The van der Waals surface area contributed by atoms with E-state index in [-0.39, 0.29) is 18.4 Å². The first kappa shape index (κ1) is 20.1. The molecule has 0 atom stereocenters. The Hall–Kier alpha value is -2.24. The molecule has 144 valence electrons. The van der Waals surface area contributed by atoms with Gasteiger partial charge in [-0.1, -0.05) is 13.0 Å². The van der Waals surface area contributed by atoms with Crippen LogP contribution in [0.4, 0.5) is 0 Å². The van der Waals surface area contributed by atoms with Crippen LogP contribution < -0.4 is 9.47 Å². The van der Waals surface area contributed by atoms with Crippen molar-refractivity contribution in [1.29, 1.82) is 0 Å². The van der Waals surface area contributed by atoms with Gasteiger partial charge < -0.3 is 19.3 Å². The second kappa shape index (κ2) is 9.46. The van der Waals surface area contributed by atoms with Crippen molar-refractivity contribution < 1.29 is 19.1 Å². The maximum Gasteiger partial charge on any atom is 0.242 e. The summed E-state index contributed by atoms with van der Waals surface area (Å²) in [5.74, 6) is 1.98. The fourth-order valence-corrected chi connectivity index (χ4v) is 3.17. The number of benzene rings is 1. The SMILES string of the molecule is COc1ccc(CCN(CC(=O)N2CCC(C)CC2)C(C)=O)cc1OC. The monoisotopic (exact) mass is 362 g/mol. The van der Waals surface area contributed by atoms with E-state index in [9.17, 15) is 9.59 Å². The number of amides is 2. The number of carbonyl (C=O) groups excluding carboxylic acids is 2. The van der Waals surface area contributed by atoms with E-state index in [1.807, 2.05) is 23.1 Å². The van der Waals surface area contributed by atoms with Crippen LogP contribution in [-0.2, 0) is 16.0 Å². The molecule has 0 N–H and O–H groups in total. The standard InChI is InChI=1S/C20H30N2O4/c1-15-7-10-21(11-8-15)20(24)14-22(16(2)23)12-9-17-5-6-18(25-3)19(13-17)26-4/h5-6,13,15H,7-12,14H2,1-4H3. The predicted molar refractivity (Wildman–Crippen MR) is 100 cm³/mol. The first-order valence-corrected chi connectivity index (χ1v) is 9.18. The van der Waals surface area contributed by atoms with Crippen molar-refractivity contribution in [2.45, 2.75) is 33.1 Å². The highest BCUT2D eigenvalue weighted by molar-refractivity contribution is 5.83. The van der Waals surface area contributed by atoms with Crippen molar-refractivity contribution in [3.05, 3.63) is 23.8 Å². The molecule has 1 saturated heterocycles. The first-order valence-electron chi connectivity index (χ1n) is 9.18. The number of ether oxygens (including phenoxy) is 2. The van der Waals surface area contributed by atoms with Gasteiger partial charge in [-0.15, -0.1) is 0 Å². The second-order valence-electron chi connectivity index (χ2n) is 6.94. The Kier molecular flexibility index (Phi) is 7.30. The second-order valence-corrected chi connectivity index (χ2v) is 6.94. The largest absolute Gasteiger partial charge is 0.493 e. The van der Waals surface area contributed by atoms with Crippen LogP contribution in [0.5, 0.6) is 11.5 Å². The van der Waals surface area contributed by atoms with Gasteiger partial charge in [0.1, 0.15) is 0 Å². The Labute approximate surface area is 156 Å². The number of hydrogen-bond donors (Lipinski definition) is 0. The zero-order valence-corrected chi connectivity index (χ0v) is 16.3. The number of methoxy groups -OCH3 is 2. The van der Waals surface area contributed by atoms with Gasteiger partial charge >= 0.3 is 0 Å². The van der Waals surface area contributed by atoms with Gasteiger partial charge in [0.15, 0.2) is 11.5 Å². The van der Waals surface area contributed by atoms with E-state index in [0.717, 1.165) is 31.5 Å². The number of likely N-dealkylation sites (tertiary alicyclic amines) is 1. The Bertz CT molecular complexity index is 624. The van der Waals surface area contributed by atoms with E-state index in [1.165, 1.54) is 6.92 Å². The molecule has 26 heavy (non-hydrogen) atoms. The molecule has 0 radical (unpaired) electrons. The molecule has 1 aliphatic heterocycles. The minimum absolute atomic E-state index is 0.0411. The van der Waals surface area contributed by atoms with Gasteiger partial charge in [0.05, 0.1) is 20.8 Å². The van der Waals surface area contributed by atoms with Crippen LogP contribution in [0.1, 0.15) is 32.3 Å². The first-order chi connectivity index (χ1) is 12.4.